The van der Waals surface area contributed by atoms with Crippen molar-refractivity contribution in [1.82, 2.24) is 0 Å². The Hall–Kier alpha value is -1.02. The highest BCUT2D eigenvalue weighted by atomic mass is 16.5. The van der Waals surface area contributed by atoms with E-state index in [2.05, 4.69) is 25.1 Å². The van der Waals surface area contributed by atoms with Gasteiger partial charge in [0.15, 0.2) is 0 Å². The van der Waals surface area contributed by atoms with Crippen LogP contribution in [0.5, 0.6) is 5.75 Å². The summed E-state index contributed by atoms with van der Waals surface area (Å²) in [4.78, 5) is 0. The average molecular weight is 245 g/mol. The molecule has 0 bridgehead atoms. The van der Waals surface area contributed by atoms with E-state index >= 15 is 0 Å². The third-order valence-corrected chi connectivity index (χ3v) is 4.84. The first-order valence-corrected chi connectivity index (χ1v) is 7.26. The van der Waals surface area contributed by atoms with Gasteiger partial charge in [0, 0.05) is 12.0 Å². The molecule has 2 nitrogen and oxygen atoms in total. The van der Waals surface area contributed by atoms with E-state index in [1.807, 2.05) is 0 Å². The van der Waals surface area contributed by atoms with E-state index in [4.69, 9.17) is 10.5 Å². The lowest BCUT2D eigenvalue weighted by atomic mass is 9.72. The molecule has 1 aliphatic heterocycles. The van der Waals surface area contributed by atoms with E-state index in [9.17, 15) is 0 Å². The van der Waals surface area contributed by atoms with Gasteiger partial charge in [-0.2, -0.15) is 0 Å². The summed E-state index contributed by atoms with van der Waals surface area (Å²) in [6.07, 6.45) is 7.16. The molecule has 0 atom stereocenters. The van der Waals surface area contributed by atoms with Crippen molar-refractivity contribution in [3.05, 3.63) is 29.3 Å². The van der Waals surface area contributed by atoms with Crippen LogP contribution in [0.25, 0.3) is 0 Å². The van der Waals surface area contributed by atoms with Crippen molar-refractivity contribution < 1.29 is 4.74 Å². The Kier molecular flexibility index (Phi) is 3.06. The molecule has 3 rings (SSSR count). The number of ether oxygens (including phenoxy) is 1. The molecule has 0 spiro atoms. The van der Waals surface area contributed by atoms with Crippen molar-refractivity contribution in [2.24, 2.45) is 11.7 Å². The second-order valence-corrected chi connectivity index (χ2v) is 5.93. The van der Waals surface area contributed by atoms with Crippen LogP contribution in [0.3, 0.4) is 0 Å². The van der Waals surface area contributed by atoms with Gasteiger partial charge in [-0.3, -0.25) is 0 Å². The van der Waals surface area contributed by atoms with E-state index in [1.165, 1.54) is 30.4 Å². The van der Waals surface area contributed by atoms with E-state index in [0.717, 1.165) is 37.5 Å². The van der Waals surface area contributed by atoms with Gasteiger partial charge >= 0.3 is 0 Å². The van der Waals surface area contributed by atoms with Crippen molar-refractivity contribution in [1.29, 1.82) is 0 Å². The van der Waals surface area contributed by atoms with Crippen LogP contribution in [0, 0.1) is 5.92 Å². The Bertz CT molecular complexity index is 433. The summed E-state index contributed by atoms with van der Waals surface area (Å²) in [6, 6.07) is 6.57. The maximum atomic E-state index is 6.65. The van der Waals surface area contributed by atoms with Crippen LogP contribution >= 0.6 is 0 Å². The maximum Gasteiger partial charge on any atom is 0.122 e. The van der Waals surface area contributed by atoms with Crippen molar-refractivity contribution >= 4 is 0 Å². The zero-order valence-corrected chi connectivity index (χ0v) is 11.2. The number of benzene rings is 1. The summed E-state index contributed by atoms with van der Waals surface area (Å²) in [5.41, 5.74) is 9.22. The third-order valence-electron chi connectivity index (χ3n) is 4.84. The molecule has 0 aromatic heterocycles. The fraction of sp³-hybridized carbons (Fsp3) is 0.625. The Labute approximate surface area is 110 Å². The van der Waals surface area contributed by atoms with E-state index in [-0.39, 0.29) is 5.54 Å². The Morgan fingerprint density at radius 2 is 2.11 bits per heavy atom. The van der Waals surface area contributed by atoms with Crippen LogP contribution in [0.4, 0.5) is 0 Å². The van der Waals surface area contributed by atoms with E-state index in [1.54, 1.807) is 0 Å². The van der Waals surface area contributed by atoms with Gasteiger partial charge in [0.2, 0.25) is 0 Å². The van der Waals surface area contributed by atoms with Crippen LogP contribution in [0.2, 0.25) is 0 Å². The Morgan fingerprint density at radius 3 is 2.83 bits per heavy atom. The second-order valence-electron chi connectivity index (χ2n) is 5.93. The lowest BCUT2D eigenvalue weighted by Gasteiger charge is -2.37. The Balaban J connectivity index is 1.82. The quantitative estimate of drug-likeness (QED) is 0.867. The van der Waals surface area contributed by atoms with Gasteiger partial charge in [-0.05, 0) is 48.8 Å². The summed E-state index contributed by atoms with van der Waals surface area (Å²) >= 11 is 0. The molecule has 0 radical (unpaired) electrons. The average Bonchev–Trinajstić information content (AvgIpc) is 2.87. The minimum atomic E-state index is -0.0940. The molecule has 0 unspecified atom stereocenters. The fourth-order valence-corrected chi connectivity index (χ4v) is 3.39. The topological polar surface area (TPSA) is 35.2 Å². The molecule has 0 amide bonds. The predicted molar refractivity (Wildman–Crippen MR) is 73.8 cm³/mol. The van der Waals surface area contributed by atoms with Gasteiger partial charge in [-0.15, -0.1) is 0 Å². The normalized spacial score (nSPS) is 30.9. The van der Waals surface area contributed by atoms with Gasteiger partial charge in [0.25, 0.3) is 0 Å². The highest BCUT2D eigenvalue weighted by Gasteiger charge is 2.33. The van der Waals surface area contributed by atoms with Crippen molar-refractivity contribution in [3.63, 3.8) is 0 Å². The lowest BCUT2D eigenvalue weighted by molar-refractivity contribution is 0.231. The molecule has 18 heavy (non-hydrogen) atoms. The molecule has 1 aliphatic carbocycles. The van der Waals surface area contributed by atoms with Gasteiger partial charge < -0.3 is 10.5 Å². The summed E-state index contributed by atoms with van der Waals surface area (Å²) < 4.78 is 5.57. The van der Waals surface area contributed by atoms with Gasteiger partial charge in [0.05, 0.1) is 6.61 Å². The molecule has 2 aliphatic rings. The molecule has 2 heteroatoms. The predicted octanol–water partition coefficient (Wildman–Crippen LogP) is 3.38. The van der Waals surface area contributed by atoms with Crippen molar-refractivity contribution in [2.75, 3.05) is 6.61 Å². The molecular formula is C16H23NO. The molecule has 2 N–H and O–H groups in total. The van der Waals surface area contributed by atoms with E-state index in [0.29, 0.717) is 0 Å². The number of fused-ring (bicyclic) bond motifs is 1. The lowest BCUT2D eigenvalue weighted by Crippen LogP contribution is -2.40. The van der Waals surface area contributed by atoms with E-state index < -0.39 is 0 Å². The highest BCUT2D eigenvalue weighted by molar-refractivity contribution is 5.42. The first kappa shape index (κ1) is 12.0. The SMILES string of the molecule is CCC1CCC(N)(c2ccc3c(c2)CCO3)CC1. The standard InChI is InChI=1S/C16H23NO/c1-2-12-5-8-16(17,9-6-12)14-3-4-15-13(11-14)7-10-18-15/h3-4,11-12H,2,5-10,17H2,1H3. The highest BCUT2D eigenvalue weighted by Crippen LogP contribution is 2.40. The number of hydrogen-bond donors (Lipinski definition) is 1. The van der Waals surface area contributed by atoms with Crippen LogP contribution in [-0.2, 0) is 12.0 Å². The van der Waals surface area contributed by atoms with Crippen LogP contribution in [0.15, 0.2) is 18.2 Å². The molecule has 1 heterocycles. The molecule has 1 aromatic rings. The number of rotatable bonds is 2. The number of nitrogens with two attached hydrogens (primary N) is 1. The van der Waals surface area contributed by atoms with Gasteiger partial charge in [0.1, 0.15) is 5.75 Å². The van der Waals surface area contributed by atoms with Crippen molar-refractivity contribution in [3.8, 4) is 5.75 Å². The van der Waals surface area contributed by atoms with Gasteiger partial charge in [-0.25, -0.2) is 0 Å². The summed E-state index contributed by atoms with van der Waals surface area (Å²) in [6.45, 7) is 3.12. The summed E-state index contributed by atoms with van der Waals surface area (Å²) in [5.74, 6) is 1.95. The second kappa shape index (κ2) is 4.58. The first-order chi connectivity index (χ1) is 8.71. The maximum absolute atomic E-state index is 6.65. The molecular weight excluding hydrogens is 222 g/mol. The monoisotopic (exact) mass is 245 g/mol. The minimum absolute atomic E-state index is 0.0940. The molecule has 1 aromatic carbocycles. The van der Waals surface area contributed by atoms with Crippen LogP contribution in [0.1, 0.15) is 50.2 Å². The molecule has 98 valence electrons. The summed E-state index contributed by atoms with van der Waals surface area (Å²) in [7, 11) is 0. The fourth-order valence-electron chi connectivity index (χ4n) is 3.39. The summed E-state index contributed by atoms with van der Waals surface area (Å²) in [5, 5.41) is 0. The van der Waals surface area contributed by atoms with Crippen LogP contribution in [-0.4, -0.2) is 6.61 Å². The molecule has 1 saturated carbocycles. The minimum Gasteiger partial charge on any atom is -0.493 e. The first-order valence-electron chi connectivity index (χ1n) is 7.26. The largest absolute Gasteiger partial charge is 0.493 e. The smallest absolute Gasteiger partial charge is 0.122 e. The van der Waals surface area contributed by atoms with Crippen molar-refractivity contribution in [2.45, 2.75) is 51.0 Å². The van der Waals surface area contributed by atoms with Crippen LogP contribution < -0.4 is 10.5 Å². The van der Waals surface area contributed by atoms with Gasteiger partial charge in [-0.1, -0.05) is 25.5 Å². The zero-order valence-electron chi connectivity index (χ0n) is 11.2. The number of hydrogen-bond acceptors (Lipinski definition) is 2. The zero-order chi connectivity index (χ0) is 12.6. The Morgan fingerprint density at radius 1 is 1.33 bits per heavy atom. The third kappa shape index (κ3) is 2.03. The molecule has 1 fully saturated rings. The molecule has 0 saturated heterocycles.